The third-order valence-electron chi connectivity index (χ3n) is 2.75. The summed E-state index contributed by atoms with van der Waals surface area (Å²) in [6, 6.07) is 0. The molecule has 92 valence electrons. The first-order valence-corrected chi connectivity index (χ1v) is 5.77. The van der Waals surface area contributed by atoms with E-state index in [1.165, 1.54) is 4.90 Å². The molecular formula is C11H21N3O2. The van der Waals surface area contributed by atoms with E-state index in [0.717, 1.165) is 13.1 Å². The number of hydrogen-bond acceptors (Lipinski definition) is 3. The predicted octanol–water partition coefficient (Wildman–Crippen LogP) is -0.467. The van der Waals surface area contributed by atoms with E-state index < -0.39 is 0 Å². The van der Waals surface area contributed by atoms with Gasteiger partial charge >= 0.3 is 0 Å². The molecule has 2 amide bonds. The molecule has 1 aliphatic rings. The zero-order chi connectivity index (χ0) is 12.1. The summed E-state index contributed by atoms with van der Waals surface area (Å²) >= 11 is 0. The van der Waals surface area contributed by atoms with Crippen LogP contribution in [0, 0.1) is 5.92 Å². The van der Waals surface area contributed by atoms with Crippen LogP contribution in [0.3, 0.4) is 0 Å². The van der Waals surface area contributed by atoms with Gasteiger partial charge in [-0.3, -0.25) is 9.59 Å². The van der Waals surface area contributed by atoms with Gasteiger partial charge in [0.25, 0.3) is 0 Å². The van der Waals surface area contributed by atoms with E-state index >= 15 is 0 Å². The van der Waals surface area contributed by atoms with Crippen molar-refractivity contribution in [2.75, 3.05) is 39.8 Å². The summed E-state index contributed by atoms with van der Waals surface area (Å²) in [7, 11) is 1.67. The summed E-state index contributed by atoms with van der Waals surface area (Å²) in [6.45, 7) is 7.05. The molecule has 0 radical (unpaired) electrons. The monoisotopic (exact) mass is 227 g/mol. The van der Waals surface area contributed by atoms with Gasteiger partial charge in [0.15, 0.2) is 0 Å². The zero-order valence-electron chi connectivity index (χ0n) is 10.3. The maximum atomic E-state index is 11.7. The number of hydrogen-bond donors (Lipinski definition) is 1. The minimum atomic E-state index is 0.0234. The molecule has 1 N–H and O–H groups in total. The standard InChI is InChI=1S/C11H21N3O2/c1-4-12-5-9(2)6-14-8-10(15)13(3)7-11(14)16/h9,12H,4-8H2,1-3H3. The molecule has 0 bridgehead atoms. The van der Waals surface area contributed by atoms with Crippen LogP contribution in [0.1, 0.15) is 13.8 Å². The number of likely N-dealkylation sites (N-methyl/N-ethyl adjacent to an activating group) is 1. The average molecular weight is 227 g/mol. The van der Waals surface area contributed by atoms with E-state index in [-0.39, 0.29) is 24.9 Å². The van der Waals surface area contributed by atoms with Crippen molar-refractivity contribution in [2.45, 2.75) is 13.8 Å². The molecule has 0 saturated carbocycles. The molecule has 1 fully saturated rings. The lowest BCUT2D eigenvalue weighted by Crippen LogP contribution is -2.53. The Hall–Kier alpha value is -1.10. The molecular weight excluding hydrogens is 206 g/mol. The highest BCUT2D eigenvalue weighted by atomic mass is 16.2. The second-order valence-corrected chi connectivity index (χ2v) is 4.44. The van der Waals surface area contributed by atoms with Crippen molar-refractivity contribution in [3.8, 4) is 0 Å². The first kappa shape index (κ1) is 13.0. The van der Waals surface area contributed by atoms with Gasteiger partial charge < -0.3 is 15.1 Å². The predicted molar refractivity (Wildman–Crippen MR) is 61.9 cm³/mol. The number of amides is 2. The minimum Gasteiger partial charge on any atom is -0.335 e. The second kappa shape index (κ2) is 5.84. The highest BCUT2D eigenvalue weighted by Crippen LogP contribution is 2.06. The molecule has 0 aliphatic carbocycles. The number of carbonyl (C=O) groups excluding carboxylic acids is 2. The molecule has 1 unspecified atom stereocenters. The maximum Gasteiger partial charge on any atom is 0.242 e. The SMILES string of the molecule is CCNCC(C)CN1CC(=O)N(C)CC1=O. The third kappa shape index (κ3) is 3.48. The fraction of sp³-hybridized carbons (Fsp3) is 0.818. The van der Waals surface area contributed by atoms with Gasteiger partial charge in [-0.25, -0.2) is 0 Å². The van der Waals surface area contributed by atoms with Gasteiger partial charge in [0.05, 0.1) is 13.1 Å². The number of nitrogens with one attached hydrogen (secondary N) is 1. The van der Waals surface area contributed by atoms with Crippen LogP contribution in [0.4, 0.5) is 0 Å². The van der Waals surface area contributed by atoms with Gasteiger partial charge in [0.2, 0.25) is 11.8 Å². The summed E-state index contributed by atoms with van der Waals surface area (Å²) in [6.07, 6.45) is 0. The fourth-order valence-corrected chi connectivity index (χ4v) is 1.76. The van der Waals surface area contributed by atoms with E-state index in [2.05, 4.69) is 19.2 Å². The highest BCUT2D eigenvalue weighted by Gasteiger charge is 2.27. The van der Waals surface area contributed by atoms with E-state index in [9.17, 15) is 9.59 Å². The molecule has 5 heteroatoms. The van der Waals surface area contributed by atoms with Crippen LogP contribution < -0.4 is 5.32 Å². The fourth-order valence-electron chi connectivity index (χ4n) is 1.76. The van der Waals surface area contributed by atoms with Crippen LogP contribution in [-0.2, 0) is 9.59 Å². The van der Waals surface area contributed by atoms with Crippen molar-refractivity contribution >= 4 is 11.8 Å². The Bertz CT molecular complexity index is 268. The molecule has 1 saturated heterocycles. The number of rotatable bonds is 5. The topological polar surface area (TPSA) is 52.7 Å². The van der Waals surface area contributed by atoms with E-state index in [1.807, 2.05) is 0 Å². The molecule has 1 atom stereocenters. The lowest BCUT2D eigenvalue weighted by Gasteiger charge is -2.33. The summed E-state index contributed by atoms with van der Waals surface area (Å²) in [4.78, 5) is 26.3. The summed E-state index contributed by atoms with van der Waals surface area (Å²) in [5, 5.41) is 3.24. The number of carbonyl (C=O) groups is 2. The van der Waals surface area contributed by atoms with Crippen molar-refractivity contribution < 1.29 is 9.59 Å². The van der Waals surface area contributed by atoms with Crippen molar-refractivity contribution in [3.05, 3.63) is 0 Å². The van der Waals surface area contributed by atoms with Crippen LogP contribution >= 0.6 is 0 Å². The molecule has 0 aromatic heterocycles. The lowest BCUT2D eigenvalue weighted by molar-refractivity contribution is -0.149. The molecule has 16 heavy (non-hydrogen) atoms. The molecule has 0 aromatic carbocycles. The van der Waals surface area contributed by atoms with Gasteiger partial charge in [-0.05, 0) is 19.0 Å². The second-order valence-electron chi connectivity index (χ2n) is 4.44. The highest BCUT2D eigenvalue weighted by molar-refractivity contribution is 5.92. The molecule has 1 aliphatic heterocycles. The Morgan fingerprint density at radius 3 is 2.62 bits per heavy atom. The Morgan fingerprint density at radius 2 is 2.00 bits per heavy atom. The van der Waals surface area contributed by atoms with Crippen molar-refractivity contribution in [1.29, 1.82) is 0 Å². The largest absolute Gasteiger partial charge is 0.335 e. The summed E-state index contributed by atoms with van der Waals surface area (Å²) < 4.78 is 0. The van der Waals surface area contributed by atoms with Gasteiger partial charge in [-0.2, -0.15) is 0 Å². The van der Waals surface area contributed by atoms with Crippen LogP contribution in [-0.4, -0.2) is 61.4 Å². The number of piperazine rings is 1. The smallest absolute Gasteiger partial charge is 0.242 e. The Labute approximate surface area is 96.8 Å². The Morgan fingerprint density at radius 1 is 1.31 bits per heavy atom. The lowest BCUT2D eigenvalue weighted by atomic mass is 10.1. The Kier molecular flexibility index (Phi) is 4.73. The summed E-state index contributed by atoms with van der Waals surface area (Å²) in [5.41, 5.74) is 0. The first-order chi connectivity index (χ1) is 7.54. The van der Waals surface area contributed by atoms with E-state index in [1.54, 1.807) is 11.9 Å². The first-order valence-electron chi connectivity index (χ1n) is 5.77. The molecule has 1 heterocycles. The molecule has 5 nitrogen and oxygen atoms in total. The number of nitrogens with zero attached hydrogens (tertiary/aromatic N) is 2. The van der Waals surface area contributed by atoms with Gasteiger partial charge in [-0.1, -0.05) is 13.8 Å². The third-order valence-corrected chi connectivity index (χ3v) is 2.75. The molecule has 0 aromatic rings. The van der Waals surface area contributed by atoms with Crippen LogP contribution in [0.25, 0.3) is 0 Å². The van der Waals surface area contributed by atoms with Crippen LogP contribution in [0.2, 0.25) is 0 Å². The quantitative estimate of drug-likeness (QED) is 0.691. The molecule has 1 rings (SSSR count). The average Bonchev–Trinajstić information content (AvgIpc) is 2.23. The van der Waals surface area contributed by atoms with Crippen LogP contribution in [0.15, 0.2) is 0 Å². The maximum absolute atomic E-state index is 11.7. The van der Waals surface area contributed by atoms with Gasteiger partial charge in [-0.15, -0.1) is 0 Å². The van der Waals surface area contributed by atoms with E-state index in [4.69, 9.17) is 0 Å². The van der Waals surface area contributed by atoms with Crippen molar-refractivity contribution in [3.63, 3.8) is 0 Å². The van der Waals surface area contributed by atoms with Crippen molar-refractivity contribution in [2.24, 2.45) is 5.92 Å². The van der Waals surface area contributed by atoms with E-state index in [0.29, 0.717) is 12.5 Å². The van der Waals surface area contributed by atoms with Crippen LogP contribution in [0.5, 0.6) is 0 Å². The molecule has 0 spiro atoms. The van der Waals surface area contributed by atoms with Gasteiger partial charge in [0, 0.05) is 13.6 Å². The normalized spacial score (nSPS) is 19.2. The Balaban J connectivity index is 2.41. The van der Waals surface area contributed by atoms with Gasteiger partial charge in [0.1, 0.15) is 0 Å². The summed E-state index contributed by atoms with van der Waals surface area (Å²) in [5.74, 6) is 0.445. The zero-order valence-corrected chi connectivity index (χ0v) is 10.3. The minimum absolute atomic E-state index is 0.0234. The van der Waals surface area contributed by atoms with Crippen molar-refractivity contribution in [1.82, 2.24) is 15.1 Å².